The van der Waals surface area contributed by atoms with E-state index in [0.717, 1.165) is 5.56 Å². The molecule has 0 spiro atoms. The predicted molar refractivity (Wildman–Crippen MR) is 96.4 cm³/mol. The number of rotatable bonds is 7. The third kappa shape index (κ3) is 5.07. The van der Waals surface area contributed by atoms with Crippen molar-refractivity contribution < 1.29 is 23.9 Å². The van der Waals surface area contributed by atoms with Crippen molar-refractivity contribution in [1.82, 2.24) is 4.90 Å². The Bertz CT molecular complexity index is 659. The molecule has 1 fully saturated rings. The Morgan fingerprint density at radius 1 is 1.12 bits per heavy atom. The van der Waals surface area contributed by atoms with E-state index >= 15 is 0 Å². The summed E-state index contributed by atoms with van der Waals surface area (Å²) < 4.78 is 10.5. The van der Waals surface area contributed by atoms with Crippen LogP contribution in [0.3, 0.4) is 0 Å². The van der Waals surface area contributed by atoms with Crippen molar-refractivity contribution in [2.75, 3.05) is 13.2 Å². The lowest BCUT2D eigenvalue weighted by Gasteiger charge is -2.28. The number of benzene rings is 1. The summed E-state index contributed by atoms with van der Waals surface area (Å²) in [5, 5.41) is 0. The van der Waals surface area contributed by atoms with E-state index in [4.69, 9.17) is 9.47 Å². The largest absolute Gasteiger partial charge is 0.465 e. The van der Waals surface area contributed by atoms with E-state index in [1.807, 2.05) is 30.3 Å². The van der Waals surface area contributed by atoms with E-state index in [9.17, 15) is 14.4 Å². The SMILES string of the molecule is CCOC(=O)C1(C(=O)CN(Cc2ccccc2)C(=O)OC(C)(C)C)CC1. The molecule has 6 nitrogen and oxygen atoms in total. The molecule has 1 aliphatic carbocycles. The Morgan fingerprint density at radius 2 is 1.73 bits per heavy atom. The molecule has 0 atom stereocenters. The van der Waals surface area contributed by atoms with Crippen LogP contribution in [0.25, 0.3) is 0 Å². The smallest absolute Gasteiger partial charge is 0.410 e. The number of hydrogen-bond donors (Lipinski definition) is 0. The van der Waals surface area contributed by atoms with Gasteiger partial charge in [0, 0.05) is 6.54 Å². The molecule has 1 saturated carbocycles. The van der Waals surface area contributed by atoms with Crippen molar-refractivity contribution in [3.8, 4) is 0 Å². The molecule has 0 aliphatic heterocycles. The maximum Gasteiger partial charge on any atom is 0.410 e. The van der Waals surface area contributed by atoms with Crippen molar-refractivity contribution in [2.45, 2.75) is 52.7 Å². The molecule has 2 rings (SSSR count). The average Bonchev–Trinajstić information content (AvgIpc) is 3.35. The molecule has 142 valence electrons. The molecular weight excluding hydrogens is 334 g/mol. The first-order valence-electron chi connectivity index (χ1n) is 8.90. The molecule has 26 heavy (non-hydrogen) atoms. The Hall–Kier alpha value is -2.37. The molecule has 0 N–H and O–H groups in total. The van der Waals surface area contributed by atoms with Crippen LogP contribution >= 0.6 is 0 Å². The maximum absolute atomic E-state index is 12.8. The molecule has 0 heterocycles. The fourth-order valence-corrected chi connectivity index (χ4v) is 2.63. The standard InChI is InChI=1S/C20H27NO5/c1-5-25-17(23)20(11-12-20)16(22)14-21(18(24)26-19(2,3)4)13-15-9-7-6-8-10-15/h6-10H,5,11-14H2,1-4H3. The lowest BCUT2D eigenvalue weighted by atomic mass is 10.0. The van der Waals surface area contributed by atoms with Crippen molar-refractivity contribution >= 4 is 17.8 Å². The highest BCUT2D eigenvalue weighted by molar-refractivity contribution is 6.08. The number of Topliss-reactive ketones (excluding diaryl/α,β-unsaturated/α-hetero) is 1. The van der Waals surface area contributed by atoms with E-state index < -0.39 is 23.1 Å². The molecule has 0 radical (unpaired) electrons. The van der Waals surface area contributed by atoms with Gasteiger partial charge in [0.2, 0.25) is 0 Å². The van der Waals surface area contributed by atoms with E-state index in [1.165, 1.54) is 4.90 Å². The zero-order chi connectivity index (χ0) is 19.4. The van der Waals surface area contributed by atoms with Crippen molar-refractivity contribution in [3.05, 3.63) is 35.9 Å². The number of ketones is 1. The van der Waals surface area contributed by atoms with Gasteiger partial charge in [0.05, 0.1) is 13.2 Å². The van der Waals surface area contributed by atoms with Crippen molar-refractivity contribution in [2.24, 2.45) is 5.41 Å². The van der Waals surface area contributed by atoms with Crippen LogP contribution in [0.1, 0.15) is 46.1 Å². The minimum atomic E-state index is -1.09. The van der Waals surface area contributed by atoms with Gasteiger partial charge in [0.1, 0.15) is 11.0 Å². The molecule has 1 aromatic carbocycles. The fraction of sp³-hybridized carbons (Fsp3) is 0.550. The molecule has 1 amide bonds. The predicted octanol–water partition coefficient (Wildman–Crippen LogP) is 3.34. The Balaban J connectivity index is 2.14. The first-order valence-corrected chi connectivity index (χ1v) is 8.90. The average molecular weight is 361 g/mol. The second-order valence-electron chi connectivity index (χ2n) is 7.55. The van der Waals surface area contributed by atoms with Gasteiger partial charge in [0.25, 0.3) is 0 Å². The van der Waals surface area contributed by atoms with Crippen molar-refractivity contribution in [1.29, 1.82) is 0 Å². The maximum atomic E-state index is 12.8. The molecule has 1 aromatic rings. The topological polar surface area (TPSA) is 72.9 Å². The third-order valence-corrected chi connectivity index (χ3v) is 4.15. The van der Waals surface area contributed by atoms with Crippen LogP contribution in [0.4, 0.5) is 4.79 Å². The molecular formula is C20H27NO5. The fourth-order valence-electron chi connectivity index (χ4n) is 2.63. The van der Waals surface area contributed by atoms with Crippen LogP contribution < -0.4 is 0 Å². The Labute approximate surface area is 154 Å². The van der Waals surface area contributed by atoms with Crippen molar-refractivity contribution in [3.63, 3.8) is 0 Å². The molecule has 1 aliphatic rings. The Morgan fingerprint density at radius 3 is 2.23 bits per heavy atom. The minimum Gasteiger partial charge on any atom is -0.465 e. The Kier molecular flexibility index (Phi) is 6.05. The van der Waals surface area contributed by atoms with Gasteiger partial charge in [-0.2, -0.15) is 0 Å². The molecule has 6 heteroatoms. The first kappa shape index (κ1) is 19.9. The second-order valence-corrected chi connectivity index (χ2v) is 7.55. The van der Waals surface area contributed by atoms with Gasteiger partial charge >= 0.3 is 12.1 Å². The van der Waals surface area contributed by atoms with Gasteiger partial charge in [-0.25, -0.2) is 4.79 Å². The number of carbonyl (C=O) groups is 3. The summed E-state index contributed by atoms with van der Waals surface area (Å²) in [7, 11) is 0. The summed E-state index contributed by atoms with van der Waals surface area (Å²) in [4.78, 5) is 38.8. The van der Waals surface area contributed by atoms with Crippen LogP contribution in [0.5, 0.6) is 0 Å². The summed E-state index contributed by atoms with van der Waals surface area (Å²) in [5.74, 6) is -0.786. The summed E-state index contributed by atoms with van der Waals surface area (Å²) in [6.07, 6.45) is 0.366. The minimum absolute atomic E-state index is 0.178. The lowest BCUT2D eigenvalue weighted by Crippen LogP contribution is -2.43. The first-order chi connectivity index (χ1) is 12.2. The molecule has 0 saturated heterocycles. The number of nitrogens with zero attached hydrogens (tertiary/aromatic N) is 1. The van der Waals surface area contributed by atoms with Crippen LogP contribution in [0.15, 0.2) is 30.3 Å². The highest BCUT2D eigenvalue weighted by Gasteiger charge is 2.57. The van der Waals surface area contributed by atoms with Crippen LogP contribution in [-0.2, 0) is 25.6 Å². The quantitative estimate of drug-likeness (QED) is 0.550. The summed E-state index contributed by atoms with van der Waals surface area (Å²) >= 11 is 0. The van der Waals surface area contributed by atoms with E-state index in [0.29, 0.717) is 12.8 Å². The van der Waals surface area contributed by atoms with Crippen LogP contribution in [0.2, 0.25) is 0 Å². The van der Waals surface area contributed by atoms with Gasteiger partial charge in [-0.05, 0) is 46.1 Å². The summed E-state index contributed by atoms with van der Waals surface area (Å²) in [6.45, 7) is 7.31. The van der Waals surface area contributed by atoms with Crippen LogP contribution in [0, 0.1) is 5.41 Å². The van der Waals surface area contributed by atoms with Gasteiger partial charge in [-0.15, -0.1) is 0 Å². The number of ether oxygens (including phenoxy) is 2. The number of carbonyl (C=O) groups excluding carboxylic acids is 3. The third-order valence-electron chi connectivity index (χ3n) is 4.15. The van der Waals surface area contributed by atoms with E-state index in [-0.39, 0.29) is 25.5 Å². The van der Waals surface area contributed by atoms with E-state index in [2.05, 4.69) is 0 Å². The van der Waals surface area contributed by atoms with E-state index in [1.54, 1.807) is 27.7 Å². The zero-order valence-electron chi connectivity index (χ0n) is 15.9. The molecule has 0 unspecified atom stereocenters. The van der Waals surface area contributed by atoms with Crippen LogP contribution in [-0.4, -0.2) is 41.5 Å². The lowest BCUT2D eigenvalue weighted by molar-refractivity contribution is -0.153. The van der Waals surface area contributed by atoms with Gasteiger partial charge in [0.15, 0.2) is 5.78 Å². The van der Waals surface area contributed by atoms with Gasteiger partial charge < -0.3 is 9.47 Å². The van der Waals surface area contributed by atoms with Gasteiger partial charge in [-0.1, -0.05) is 30.3 Å². The van der Waals surface area contributed by atoms with Gasteiger partial charge in [-0.3, -0.25) is 14.5 Å². The molecule has 0 aromatic heterocycles. The summed E-state index contributed by atoms with van der Waals surface area (Å²) in [5.41, 5.74) is -0.882. The number of hydrogen-bond acceptors (Lipinski definition) is 5. The second kappa shape index (κ2) is 7.89. The highest BCUT2D eigenvalue weighted by Crippen LogP contribution is 2.47. The summed E-state index contributed by atoms with van der Waals surface area (Å²) in [6, 6.07) is 9.36. The zero-order valence-corrected chi connectivity index (χ0v) is 15.9. The number of esters is 1. The highest BCUT2D eigenvalue weighted by atomic mass is 16.6. The normalized spacial score (nSPS) is 15.1. The monoisotopic (exact) mass is 361 g/mol. The number of amides is 1. The molecule has 0 bridgehead atoms.